The van der Waals surface area contributed by atoms with Crippen molar-refractivity contribution in [1.82, 2.24) is 5.32 Å². The zero-order valence-corrected chi connectivity index (χ0v) is 20.4. The van der Waals surface area contributed by atoms with Crippen LogP contribution in [0.3, 0.4) is 0 Å². The summed E-state index contributed by atoms with van der Waals surface area (Å²) in [5, 5.41) is 2.69. The van der Waals surface area contributed by atoms with E-state index in [0.717, 1.165) is 4.90 Å². The predicted molar refractivity (Wildman–Crippen MR) is 129 cm³/mol. The molecule has 0 aliphatic carbocycles. The Morgan fingerprint density at radius 3 is 2.72 bits per heavy atom. The molecule has 1 N–H and O–H groups in total. The minimum absolute atomic E-state index is 0.112. The van der Waals surface area contributed by atoms with E-state index in [4.69, 9.17) is 44.9 Å². The summed E-state index contributed by atoms with van der Waals surface area (Å²) in [5.41, 5.74) is 0.397. The van der Waals surface area contributed by atoms with Crippen LogP contribution in [-0.2, 0) is 19.1 Å². The summed E-state index contributed by atoms with van der Waals surface area (Å²) in [6.07, 6.45) is 1.34. The van der Waals surface area contributed by atoms with Crippen LogP contribution in [-0.4, -0.2) is 36.1 Å². The zero-order valence-electron chi connectivity index (χ0n) is 16.5. The molecule has 2 aromatic carbocycles. The van der Waals surface area contributed by atoms with Crippen LogP contribution in [0.1, 0.15) is 12.5 Å². The number of esters is 1. The van der Waals surface area contributed by atoms with Gasteiger partial charge in [-0.3, -0.25) is 19.8 Å². The number of anilines is 1. The van der Waals surface area contributed by atoms with Gasteiger partial charge in [-0.25, -0.2) is 4.79 Å². The smallest absolute Gasteiger partial charge is 0.344 e. The van der Waals surface area contributed by atoms with Gasteiger partial charge in [-0.05, 0) is 55.5 Å². The fraction of sp³-hybridized carbons (Fsp3) is 0.143. The maximum Gasteiger partial charge on any atom is 0.344 e. The number of carbonyl (C=O) groups is 3. The summed E-state index contributed by atoms with van der Waals surface area (Å²) in [6, 6.07) is 9.65. The van der Waals surface area contributed by atoms with E-state index in [9.17, 15) is 14.4 Å². The third-order valence-corrected chi connectivity index (χ3v) is 5.78. The number of carbonyl (C=O) groups excluding carboxylic acids is 3. The molecule has 0 aromatic heterocycles. The summed E-state index contributed by atoms with van der Waals surface area (Å²) in [4.78, 5) is 38.6. The van der Waals surface area contributed by atoms with Crippen LogP contribution in [0.2, 0.25) is 10.0 Å². The molecule has 0 spiro atoms. The highest BCUT2D eigenvalue weighted by Gasteiger charge is 2.36. The van der Waals surface area contributed by atoms with Crippen LogP contribution in [0, 0.1) is 0 Å². The molecular formula is C21H15BrCl2N2O5S. The molecule has 0 atom stereocenters. The van der Waals surface area contributed by atoms with Crippen molar-refractivity contribution in [3.8, 4) is 5.75 Å². The predicted octanol–water partition coefficient (Wildman–Crippen LogP) is 4.53. The molecule has 1 fully saturated rings. The van der Waals surface area contributed by atoms with Gasteiger partial charge in [-0.1, -0.05) is 45.2 Å². The normalized spacial score (nSPS) is 15.1. The summed E-state index contributed by atoms with van der Waals surface area (Å²) in [7, 11) is 0. The van der Waals surface area contributed by atoms with E-state index in [1.54, 1.807) is 43.3 Å². The molecule has 7 nitrogen and oxygen atoms in total. The van der Waals surface area contributed by atoms with Gasteiger partial charge in [0.2, 0.25) is 0 Å². The Morgan fingerprint density at radius 2 is 2.00 bits per heavy atom. The van der Waals surface area contributed by atoms with Crippen molar-refractivity contribution in [2.75, 3.05) is 18.1 Å². The van der Waals surface area contributed by atoms with Gasteiger partial charge in [-0.15, -0.1) is 0 Å². The highest BCUT2D eigenvalue weighted by Crippen LogP contribution is 2.35. The van der Waals surface area contributed by atoms with Gasteiger partial charge in [-0.2, -0.15) is 0 Å². The second-order valence-electron chi connectivity index (χ2n) is 6.31. The van der Waals surface area contributed by atoms with Crippen LogP contribution in [0.15, 0.2) is 46.4 Å². The standard InChI is InChI=1S/C21H15BrCl2N2O5S/c1-2-30-17(27)10-31-16-7-6-12(22)8-11(16)9-13-19(28)25-21(32)26(20(13)29)15-5-3-4-14(23)18(15)24/h3-9H,2,10H2,1H3,(H,25,28,32)/b13-9+. The second-order valence-corrected chi connectivity index (χ2v) is 8.39. The Kier molecular flexibility index (Phi) is 7.89. The third-order valence-electron chi connectivity index (χ3n) is 4.20. The van der Waals surface area contributed by atoms with Crippen LogP contribution in [0.5, 0.6) is 5.75 Å². The SMILES string of the molecule is CCOC(=O)COc1ccc(Br)cc1/C=C1\C(=O)NC(=S)N(c2cccc(Cl)c2Cl)C1=O. The molecule has 1 aliphatic rings. The highest BCUT2D eigenvalue weighted by atomic mass is 79.9. The molecule has 3 rings (SSSR count). The molecule has 2 aromatic rings. The van der Waals surface area contributed by atoms with Gasteiger partial charge < -0.3 is 9.47 Å². The van der Waals surface area contributed by atoms with Crippen molar-refractivity contribution in [3.05, 3.63) is 62.1 Å². The molecule has 1 aliphatic heterocycles. The van der Waals surface area contributed by atoms with Gasteiger partial charge in [0.1, 0.15) is 11.3 Å². The van der Waals surface area contributed by atoms with Crippen LogP contribution >= 0.6 is 51.3 Å². The maximum absolute atomic E-state index is 13.2. The van der Waals surface area contributed by atoms with E-state index in [1.165, 1.54) is 6.08 Å². The molecule has 2 amide bonds. The van der Waals surface area contributed by atoms with Gasteiger partial charge in [0, 0.05) is 10.0 Å². The Labute approximate surface area is 207 Å². The number of hydrogen-bond donors (Lipinski definition) is 1. The maximum atomic E-state index is 13.2. The van der Waals surface area contributed by atoms with Crippen molar-refractivity contribution >= 4 is 86.0 Å². The first-order valence-corrected chi connectivity index (χ1v) is 11.1. The average molecular weight is 558 g/mol. The first-order chi connectivity index (χ1) is 15.2. The molecule has 32 heavy (non-hydrogen) atoms. The molecule has 166 valence electrons. The lowest BCUT2D eigenvalue weighted by molar-refractivity contribution is -0.145. The minimum Gasteiger partial charge on any atom is -0.481 e. The minimum atomic E-state index is -0.695. The number of halogens is 3. The third kappa shape index (κ3) is 5.29. The van der Waals surface area contributed by atoms with E-state index in [2.05, 4.69) is 21.2 Å². The van der Waals surface area contributed by atoms with Gasteiger partial charge in [0.15, 0.2) is 11.7 Å². The number of nitrogens with one attached hydrogen (secondary N) is 1. The lowest BCUT2D eigenvalue weighted by atomic mass is 10.1. The van der Waals surface area contributed by atoms with E-state index in [-0.39, 0.29) is 45.4 Å². The number of hydrogen-bond acceptors (Lipinski definition) is 6. The van der Waals surface area contributed by atoms with Crippen molar-refractivity contribution in [2.45, 2.75) is 6.92 Å². The number of amides is 2. The average Bonchev–Trinajstić information content (AvgIpc) is 2.73. The number of ether oxygens (including phenoxy) is 2. The molecule has 0 bridgehead atoms. The Balaban J connectivity index is 2.00. The number of nitrogens with zero attached hydrogens (tertiary/aromatic N) is 1. The number of thiocarbonyl (C=S) groups is 1. The molecule has 1 heterocycles. The van der Waals surface area contributed by atoms with Gasteiger partial charge in [0.05, 0.1) is 22.3 Å². The largest absolute Gasteiger partial charge is 0.481 e. The van der Waals surface area contributed by atoms with Crippen LogP contribution < -0.4 is 15.0 Å². The van der Waals surface area contributed by atoms with Gasteiger partial charge >= 0.3 is 5.97 Å². The molecule has 0 saturated carbocycles. The van der Waals surface area contributed by atoms with E-state index in [0.29, 0.717) is 10.0 Å². The summed E-state index contributed by atoms with van der Waals surface area (Å²) in [6.45, 7) is 1.57. The Morgan fingerprint density at radius 1 is 1.25 bits per heavy atom. The van der Waals surface area contributed by atoms with E-state index in [1.807, 2.05) is 0 Å². The lowest BCUT2D eigenvalue weighted by Gasteiger charge is -2.29. The Hall–Kier alpha value is -2.46. The number of benzene rings is 2. The first-order valence-electron chi connectivity index (χ1n) is 9.16. The van der Waals surface area contributed by atoms with Crippen molar-refractivity contribution in [3.63, 3.8) is 0 Å². The summed E-state index contributed by atoms with van der Waals surface area (Å²) in [5.74, 6) is -1.66. The van der Waals surface area contributed by atoms with Crippen molar-refractivity contribution in [1.29, 1.82) is 0 Å². The second kappa shape index (κ2) is 10.4. The number of rotatable bonds is 6. The molecule has 0 radical (unpaired) electrons. The highest BCUT2D eigenvalue weighted by molar-refractivity contribution is 9.10. The fourth-order valence-corrected chi connectivity index (χ4v) is 3.83. The van der Waals surface area contributed by atoms with Gasteiger partial charge in [0.25, 0.3) is 11.8 Å². The molecule has 11 heteroatoms. The van der Waals surface area contributed by atoms with E-state index < -0.39 is 17.8 Å². The zero-order chi connectivity index (χ0) is 23.4. The molecular weight excluding hydrogens is 543 g/mol. The quantitative estimate of drug-likeness (QED) is 0.243. The van der Waals surface area contributed by atoms with Crippen molar-refractivity contribution in [2.24, 2.45) is 0 Å². The fourth-order valence-electron chi connectivity index (χ4n) is 2.80. The Bertz CT molecular complexity index is 1160. The van der Waals surface area contributed by atoms with Crippen molar-refractivity contribution < 1.29 is 23.9 Å². The van der Waals surface area contributed by atoms with E-state index >= 15 is 0 Å². The summed E-state index contributed by atoms with van der Waals surface area (Å²) < 4.78 is 11.0. The molecule has 0 unspecified atom stereocenters. The first kappa shape index (κ1) is 24.2. The van der Waals surface area contributed by atoms with Crippen LogP contribution in [0.4, 0.5) is 5.69 Å². The monoisotopic (exact) mass is 556 g/mol. The topological polar surface area (TPSA) is 84.9 Å². The van der Waals surface area contributed by atoms with Crippen LogP contribution in [0.25, 0.3) is 6.08 Å². The molecule has 1 saturated heterocycles. The summed E-state index contributed by atoms with van der Waals surface area (Å²) >= 11 is 20.9. The lowest BCUT2D eigenvalue weighted by Crippen LogP contribution is -2.54.